The van der Waals surface area contributed by atoms with E-state index in [0.29, 0.717) is 5.69 Å². The van der Waals surface area contributed by atoms with Gasteiger partial charge in [-0.25, -0.2) is 4.79 Å². The number of benzene rings is 2. The highest BCUT2D eigenvalue weighted by Gasteiger charge is 2.13. The molecule has 2 N–H and O–H groups in total. The summed E-state index contributed by atoms with van der Waals surface area (Å²) in [5, 5.41) is 5.70. The molecule has 0 aliphatic heterocycles. The molecule has 142 valence electrons. The zero-order valence-corrected chi connectivity index (χ0v) is 16.3. The van der Waals surface area contributed by atoms with E-state index in [2.05, 4.69) is 10.6 Å². The average Bonchev–Trinajstić information content (AvgIpc) is 2.60. The van der Waals surface area contributed by atoms with Crippen molar-refractivity contribution in [1.82, 2.24) is 5.32 Å². The van der Waals surface area contributed by atoms with E-state index in [4.69, 9.17) is 27.9 Å². The van der Waals surface area contributed by atoms with Crippen LogP contribution in [0.2, 0.25) is 10.0 Å². The summed E-state index contributed by atoms with van der Waals surface area (Å²) in [5.41, 5.74) is 2.68. The number of para-hydroxylation sites is 1. The molecule has 0 aliphatic rings. The summed E-state index contributed by atoms with van der Waals surface area (Å²) in [6.07, 6.45) is 0. The summed E-state index contributed by atoms with van der Waals surface area (Å²) < 4.78 is 4.89. The average molecular weight is 409 g/mol. The van der Waals surface area contributed by atoms with Crippen LogP contribution in [0.5, 0.6) is 0 Å². The Balaban J connectivity index is 1.80. The van der Waals surface area contributed by atoms with E-state index >= 15 is 0 Å². The lowest BCUT2D eigenvalue weighted by Crippen LogP contribution is -2.35. The second-order valence-corrected chi connectivity index (χ2v) is 6.70. The van der Waals surface area contributed by atoms with Crippen LogP contribution in [-0.2, 0) is 14.3 Å². The van der Waals surface area contributed by atoms with Gasteiger partial charge >= 0.3 is 5.97 Å². The first kappa shape index (κ1) is 20.7. The van der Waals surface area contributed by atoms with Crippen LogP contribution in [0, 0.1) is 13.8 Å². The summed E-state index contributed by atoms with van der Waals surface area (Å²) in [4.78, 5) is 35.7. The molecule has 0 aliphatic carbocycles. The largest absolute Gasteiger partial charge is 0.452 e. The zero-order valence-electron chi connectivity index (χ0n) is 14.8. The van der Waals surface area contributed by atoms with Gasteiger partial charge in [0.25, 0.3) is 5.91 Å². The molecule has 0 heterocycles. The van der Waals surface area contributed by atoms with Crippen molar-refractivity contribution in [2.75, 3.05) is 18.5 Å². The first-order chi connectivity index (χ1) is 12.8. The molecule has 2 aromatic rings. The van der Waals surface area contributed by atoms with Gasteiger partial charge in [0, 0.05) is 15.7 Å². The Bertz CT molecular complexity index is 844. The van der Waals surface area contributed by atoms with Gasteiger partial charge in [0.2, 0.25) is 5.91 Å². The van der Waals surface area contributed by atoms with Crippen LogP contribution in [0.3, 0.4) is 0 Å². The topological polar surface area (TPSA) is 84.5 Å². The van der Waals surface area contributed by atoms with E-state index in [0.717, 1.165) is 11.1 Å². The third-order valence-electron chi connectivity index (χ3n) is 3.62. The zero-order chi connectivity index (χ0) is 20.0. The summed E-state index contributed by atoms with van der Waals surface area (Å²) in [7, 11) is 0. The van der Waals surface area contributed by atoms with Gasteiger partial charge in [-0.2, -0.15) is 0 Å². The summed E-state index contributed by atoms with van der Waals surface area (Å²) >= 11 is 11.6. The molecule has 0 spiro atoms. The molecule has 2 rings (SSSR count). The van der Waals surface area contributed by atoms with Gasteiger partial charge < -0.3 is 15.4 Å². The fourth-order valence-corrected chi connectivity index (χ4v) is 2.84. The standard InChI is InChI=1S/C19H18Cl2N2O4/c1-11-4-3-5-12(2)18(11)23-16(24)9-22-17(25)10-27-19(26)13-6-14(20)8-15(21)7-13/h3-8H,9-10H2,1-2H3,(H,22,25)(H,23,24). The highest BCUT2D eigenvalue weighted by molar-refractivity contribution is 6.35. The monoisotopic (exact) mass is 408 g/mol. The van der Waals surface area contributed by atoms with Crippen LogP contribution in [0.4, 0.5) is 5.69 Å². The number of amides is 2. The van der Waals surface area contributed by atoms with E-state index in [1.54, 1.807) is 0 Å². The maximum absolute atomic E-state index is 12.0. The second kappa shape index (κ2) is 9.39. The lowest BCUT2D eigenvalue weighted by atomic mass is 10.1. The highest BCUT2D eigenvalue weighted by Crippen LogP contribution is 2.20. The SMILES string of the molecule is Cc1cccc(C)c1NC(=O)CNC(=O)COC(=O)c1cc(Cl)cc(Cl)c1. The van der Waals surface area contributed by atoms with E-state index in [-0.39, 0.29) is 28.1 Å². The number of rotatable bonds is 6. The molecular weight excluding hydrogens is 391 g/mol. The minimum absolute atomic E-state index is 0.132. The van der Waals surface area contributed by atoms with Crippen LogP contribution in [0.1, 0.15) is 21.5 Å². The van der Waals surface area contributed by atoms with Crippen molar-refractivity contribution in [3.8, 4) is 0 Å². The Kier molecular flexibility index (Phi) is 7.21. The minimum atomic E-state index is -0.741. The quantitative estimate of drug-likeness (QED) is 0.716. The van der Waals surface area contributed by atoms with Crippen molar-refractivity contribution in [2.45, 2.75) is 13.8 Å². The van der Waals surface area contributed by atoms with E-state index in [9.17, 15) is 14.4 Å². The van der Waals surface area contributed by atoms with E-state index in [1.165, 1.54) is 18.2 Å². The molecule has 0 atom stereocenters. The third-order valence-corrected chi connectivity index (χ3v) is 4.06. The van der Waals surface area contributed by atoms with E-state index in [1.807, 2.05) is 32.0 Å². The number of anilines is 1. The number of carbonyl (C=O) groups is 3. The number of halogens is 2. The maximum Gasteiger partial charge on any atom is 0.338 e. The normalized spacial score (nSPS) is 10.2. The third kappa shape index (κ3) is 6.27. The van der Waals surface area contributed by atoms with Crippen molar-refractivity contribution in [2.24, 2.45) is 0 Å². The molecule has 2 aromatic carbocycles. The summed E-state index contributed by atoms with van der Waals surface area (Å²) in [6, 6.07) is 9.88. The van der Waals surface area contributed by atoms with Gasteiger partial charge in [-0.1, -0.05) is 41.4 Å². The Hall–Kier alpha value is -2.57. The molecule has 0 radical (unpaired) electrons. The van der Waals surface area contributed by atoms with Crippen molar-refractivity contribution in [1.29, 1.82) is 0 Å². The van der Waals surface area contributed by atoms with Gasteiger partial charge in [-0.05, 0) is 43.2 Å². The Morgan fingerprint density at radius 1 is 0.963 bits per heavy atom. The number of hydrogen-bond acceptors (Lipinski definition) is 4. The smallest absolute Gasteiger partial charge is 0.338 e. The Morgan fingerprint density at radius 3 is 2.15 bits per heavy atom. The number of ether oxygens (including phenoxy) is 1. The first-order valence-corrected chi connectivity index (χ1v) is 8.78. The van der Waals surface area contributed by atoms with Crippen LogP contribution >= 0.6 is 23.2 Å². The van der Waals surface area contributed by atoms with Crippen LogP contribution in [0.15, 0.2) is 36.4 Å². The molecule has 0 unspecified atom stereocenters. The molecule has 8 heteroatoms. The van der Waals surface area contributed by atoms with Crippen LogP contribution in [0.25, 0.3) is 0 Å². The number of nitrogens with one attached hydrogen (secondary N) is 2. The molecule has 0 saturated carbocycles. The highest BCUT2D eigenvalue weighted by atomic mass is 35.5. The maximum atomic E-state index is 12.0. The second-order valence-electron chi connectivity index (χ2n) is 5.83. The molecule has 0 bridgehead atoms. The molecule has 0 fully saturated rings. The van der Waals surface area contributed by atoms with Crippen LogP contribution < -0.4 is 10.6 Å². The summed E-state index contributed by atoms with van der Waals surface area (Å²) in [6.45, 7) is 2.98. The molecule has 0 saturated heterocycles. The first-order valence-electron chi connectivity index (χ1n) is 8.02. The predicted octanol–water partition coefficient (Wildman–Crippen LogP) is 3.52. The fraction of sp³-hybridized carbons (Fsp3) is 0.211. The molecule has 27 heavy (non-hydrogen) atoms. The van der Waals surface area contributed by atoms with Gasteiger partial charge in [0.15, 0.2) is 6.61 Å². The lowest BCUT2D eigenvalue weighted by Gasteiger charge is -2.12. The molecular formula is C19H18Cl2N2O4. The van der Waals surface area contributed by atoms with Gasteiger partial charge in [-0.15, -0.1) is 0 Å². The van der Waals surface area contributed by atoms with Gasteiger partial charge in [0.05, 0.1) is 12.1 Å². The number of esters is 1. The van der Waals surface area contributed by atoms with Gasteiger partial charge in [-0.3, -0.25) is 9.59 Å². The van der Waals surface area contributed by atoms with Crippen molar-refractivity contribution in [3.63, 3.8) is 0 Å². The lowest BCUT2D eigenvalue weighted by molar-refractivity contribution is -0.126. The van der Waals surface area contributed by atoms with Crippen molar-refractivity contribution < 1.29 is 19.1 Å². The minimum Gasteiger partial charge on any atom is -0.452 e. The van der Waals surface area contributed by atoms with Crippen molar-refractivity contribution in [3.05, 3.63) is 63.1 Å². The number of hydrogen-bond donors (Lipinski definition) is 2. The van der Waals surface area contributed by atoms with Crippen LogP contribution in [-0.4, -0.2) is 30.9 Å². The fourth-order valence-electron chi connectivity index (χ4n) is 2.31. The number of aryl methyl sites for hydroxylation is 2. The number of carbonyl (C=O) groups excluding carboxylic acids is 3. The molecule has 6 nitrogen and oxygen atoms in total. The summed E-state index contributed by atoms with van der Waals surface area (Å²) in [5.74, 6) is -1.73. The van der Waals surface area contributed by atoms with E-state index < -0.39 is 18.5 Å². The predicted molar refractivity (Wildman–Crippen MR) is 104 cm³/mol. The molecule has 2 amide bonds. The molecule has 0 aromatic heterocycles. The Morgan fingerprint density at radius 2 is 1.56 bits per heavy atom. The van der Waals surface area contributed by atoms with Gasteiger partial charge in [0.1, 0.15) is 0 Å². The Labute approximate surface area is 166 Å². The van der Waals surface area contributed by atoms with Crippen molar-refractivity contribution >= 4 is 46.7 Å².